The molecule has 1 aliphatic heterocycles. The Kier molecular flexibility index (Phi) is 5.01. The second-order valence-electron chi connectivity index (χ2n) is 8.63. The van der Waals surface area contributed by atoms with Crippen molar-refractivity contribution in [2.24, 2.45) is 23.7 Å². The number of carboxylic acids is 1. The fourth-order valence-electron chi connectivity index (χ4n) is 5.58. The number of likely N-dealkylation sites (tertiary alicyclic amines) is 1. The van der Waals surface area contributed by atoms with Gasteiger partial charge in [0.05, 0.1) is 5.56 Å². The molecule has 4 heteroatoms. The lowest BCUT2D eigenvalue weighted by Crippen LogP contribution is -2.40. The molecule has 26 heavy (non-hydrogen) atoms. The van der Waals surface area contributed by atoms with Gasteiger partial charge in [0.25, 0.3) is 0 Å². The zero-order chi connectivity index (χ0) is 18.1. The quantitative estimate of drug-likeness (QED) is 0.869. The molecule has 0 aromatic heterocycles. The molecule has 1 amide bonds. The molecular weight excluding hydrogens is 326 g/mol. The summed E-state index contributed by atoms with van der Waals surface area (Å²) in [6.07, 6.45) is 8.89. The summed E-state index contributed by atoms with van der Waals surface area (Å²) < 4.78 is 0. The number of aromatic carboxylic acids is 1. The minimum Gasteiger partial charge on any atom is -0.478 e. The van der Waals surface area contributed by atoms with Crippen LogP contribution >= 0.6 is 0 Å². The van der Waals surface area contributed by atoms with Crippen LogP contribution in [0.1, 0.15) is 60.9 Å². The number of fused-ring (bicyclic) bond motifs is 2. The molecule has 0 spiro atoms. The van der Waals surface area contributed by atoms with Crippen molar-refractivity contribution in [1.82, 2.24) is 4.90 Å². The Labute approximate surface area is 155 Å². The number of benzene rings is 1. The molecule has 1 aromatic rings. The van der Waals surface area contributed by atoms with E-state index in [1.165, 1.54) is 25.7 Å². The van der Waals surface area contributed by atoms with Crippen molar-refractivity contribution in [2.45, 2.75) is 51.4 Å². The number of carboxylic acid groups (broad SMARTS) is 1. The summed E-state index contributed by atoms with van der Waals surface area (Å²) in [5.74, 6) is 2.33. The van der Waals surface area contributed by atoms with Crippen molar-refractivity contribution in [1.29, 1.82) is 0 Å². The van der Waals surface area contributed by atoms with Gasteiger partial charge in [-0.1, -0.05) is 24.6 Å². The molecule has 1 aromatic carbocycles. The number of amides is 1. The summed E-state index contributed by atoms with van der Waals surface area (Å²) in [6.45, 7) is 1.67. The standard InChI is InChI=1S/C22H29NO3/c24-21(14-19-13-16-5-6-17(19)12-16)23-9-7-15(8-10-23)11-18-3-1-2-4-20(18)22(25)26/h1-4,15-17,19H,5-14H2,(H,25,26). The summed E-state index contributed by atoms with van der Waals surface area (Å²) >= 11 is 0. The van der Waals surface area contributed by atoms with Crippen molar-refractivity contribution in [2.75, 3.05) is 13.1 Å². The van der Waals surface area contributed by atoms with Crippen molar-refractivity contribution < 1.29 is 14.7 Å². The number of piperidine rings is 1. The highest BCUT2D eigenvalue weighted by molar-refractivity contribution is 5.89. The van der Waals surface area contributed by atoms with Crippen LogP contribution in [0.5, 0.6) is 0 Å². The molecule has 2 aliphatic carbocycles. The normalized spacial score (nSPS) is 28.5. The molecule has 2 saturated carbocycles. The highest BCUT2D eigenvalue weighted by Gasteiger charge is 2.40. The van der Waals surface area contributed by atoms with Gasteiger partial charge >= 0.3 is 5.97 Å². The van der Waals surface area contributed by atoms with Crippen LogP contribution < -0.4 is 0 Å². The maximum Gasteiger partial charge on any atom is 0.335 e. The van der Waals surface area contributed by atoms with Gasteiger partial charge in [0.2, 0.25) is 5.91 Å². The average Bonchev–Trinajstić information content (AvgIpc) is 3.25. The second-order valence-corrected chi connectivity index (χ2v) is 8.63. The Balaban J connectivity index is 1.28. The fraction of sp³-hybridized carbons (Fsp3) is 0.636. The van der Waals surface area contributed by atoms with Crippen LogP contribution in [0.25, 0.3) is 0 Å². The van der Waals surface area contributed by atoms with E-state index in [1.54, 1.807) is 12.1 Å². The number of hydrogen-bond acceptors (Lipinski definition) is 2. The zero-order valence-corrected chi connectivity index (χ0v) is 15.4. The zero-order valence-electron chi connectivity index (χ0n) is 15.4. The van der Waals surface area contributed by atoms with Crippen LogP contribution in [-0.2, 0) is 11.2 Å². The maximum atomic E-state index is 12.7. The van der Waals surface area contributed by atoms with Gasteiger partial charge in [0.1, 0.15) is 0 Å². The molecule has 4 rings (SSSR count). The minimum atomic E-state index is -0.848. The lowest BCUT2D eigenvalue weighted by molar-refractivity contribution is -0.134. The first-order valence-corrected chi connectivity index (χ1v) is 10.2. The van der Waals surface area contributed by atoms with Gasteiger partial charge in [-0.3, -0.25) is 4.79 Å². The van der Waals surface area contributed by atoms with E-state index in [0.717, 1.165) is 56.2 Å². The Bertz CT molecular complexity index is 678. The Morgan fingerprint density at radius 2 is 1.81 bits per heavy atom. The highest BCUT2D eigenvalue weighted by atomic mass is 16.4. The van der Waals surface area contributed by atoms with Crippen molar-refractivity contribution in [3.05, 3.63) is 35.4 Å². The Morgan fingerprint density at radius 3 is 2.46 bits per heavy atom. The third kappa shape index (κ3) is 3.65. The predicted molar refractivity (Wildman–Crippen MR) is 100.0 cm³/mol. The molecule has 2 bridgehead atoms. The molecule has 0 radical (unpaired) electrons. The van der Waals surface area contributed by atoms with Crippen LogP contribution in [0.2, 0.25) is 0 Å². The SMILES string of the molecule is O=C(O)c1ccccc1CC1CCN(C(=O)CC2CC3CCC2C3)CC1. The monoisotopic (exact) mass is 355 g/mol. The van der Waals surface area contributed by atoms with Gasteiger partial charge < -0.3 is 10.0 Å². The average molecular weight is 355 g/mol. The number of carbonyl (C=O) groups is 2. The van der Waals surface area contributed by atoms with E-state index in [-0.39, 0.29) is 0 Å². The Morgan fingerprint density at radius 1 is 1.04 bits per heavy atom. The first kappa shape index (κ1) is 17.6. The number of rotatable bonds is 5. The number of nitrogens with zero attached hydrogens (tertiary/aromatic N) is 1. The van der Waals surface area contributed by atoms with E-state index in [2.05, 4.69) is 4.90 Å². The second kappa shape index (κ2) is 7.42. The fourth-order valence-corrected chi connectivity index (χ4v) is 5.58. The molecule has 3 atom stereocenters. The third-order valence-corrected chi connectivity index (χ3v) is 7.04. The molecule has 4 nitrogen and oxygen atoms in total. The predicted octanol–water partition coefficient (Wildman–Crippen LogP) is 3.99. The van der Waals surface area contributed by atoms with Crippen LogP contribution in [0.4, 0.5) is 0 Å². The third-order valence-electron chi connectivity index (χ3n) is 7.04. The summed E-state index contributed by atoms with van der Waals surface area (Å²) in [4.78, 5) is 26.1. The minimum absolute atomic E-state index is 0.354. The van der Waals surface area contributed by atoms with E-state index < -0.39 is 5.97 Å². The number of carbonyl (C=O) groups excluding carboxylic acids is 1. The molecule has 3 fully saturated rings. The van der Waals surface area contributed by atoms with Crippen LogP contribution in [-0.4, -0.2) is 35.0 Å². The first-order valence-electron chi connectivity index (χ1n) is 10.2. The van der Waals surface area contributed by atoms with E-state index in [1.807, 2.05) is 12.1 Å². The summed E-state index contributed by atoms with van der Waals surface area (Å²) in [5.41, 5.74) is 1.34. The van der Waals surface area contributed by atoms with Crippen LogP contribution in [0.3, 0.4) is 0 Å². The van der Waals surface area contributed by atoms with Crippen molar-refractivity contribution in [3.8, 4) is 0 Å². The molecule has 1 heterocycles. The lowest BCUT2D eigenvalue weighted by atomic mass is 9.85. The van der Waals surface area contributed by atoms with Crippen LogP contribution in [0, 0.1) is 23.7 Å². The maximum absolute atomic E-state index is 12.7. The largest absolute Gasteiger partial charge is 0.478 e. The van der Waals surface area contributed by atoms with E-state index >= 15 is 0 Å². The topological polar surface area (TPSA) is 57.6 Å². The molecule has 3 aliphatic rings. The van der Waals surface area contributed by atoms with Crippen molar-refractivity contribution >= 4 is 11.9 Å². The van der Waals surface area contributed by atoms with Gasteiger partial charge in [-0.2, -0.15) is 0 Å². The summed E-state index contributed by atoms with van der Waals surface area (Å²) in [6, 6.07) is 7.31. The highest BCUT2D eigenvalue weighted by Crippen LogP contribution is 2.49. The van der Waals surface area contributed by atoms with E-state index in [4.69, 9.17) is 0 Å². The molecule has 1 N–H and O–H groups in total. The van der Waals surface area contributed by atoms with Gasteiger partial charge in [-0.25, -0.2) is 4.79 Å². The van der Waals surface area contributed by atoms with E-state index in [9.17, 15) is 14.7 Å². The van der Waals surface area contributed by atoms with Crippen LogP contribution in [0.15, 0.2) is 24.3 Å². The molecule has 1 saturated heterocycles. The molecule has 140 valence electrons. The van der Waals surface area contributed by atoms with E-state index in [0.29, 0.717) is 23.3 Å². The Hall–Kier alpha value is -1.84. The summed E-state index contributed by atoms with van der Waals surface area (Å²) in [5, 5.41) is 9.34. The molecule has 3 unspecified atom stereocenters. The number of hydrogen-bond donors (Lipinski definition) is 1. The van der Waals surface area contributed by atoms with Gasteiger partial charge in [-0.05, 0) is 73.8 Å². The smallest absolute Gasteiger partial charge is 0.335 e. The molecular formula is C22H29NO3. The van der Waals surface area contributed by atoms with Gasteiger partial charge in [0.15, 0.2) is 0 Å². The van der Waals surface area contributed by atoms with Crippen molar-refractivity contribution in [3.63, 3.8) is 0 Å². The van der Waals surface area contributed by atoms with Gasteiger partial charge in [-0.15, -0.1) is 0 Å². The van der Waals surface area contributed by atoms with Gasteiger partial charge in [0, 0.05) is 19.5 Å². The lowest BCUT2D eigenvalue weighted by Gasteiger charge is -2.33. The summed E-state index contributed by atoms with van der Waals surface area (Å²) in [7, 11) is 0. The first-order chi connectivity index (χ1) is 12.6.